The highest BCUT2D eigenvalue weighted by Crippen LogP contribution is 2.38. The highest BCUT2D eigenvalue weighted by Gasteiger charge is 2.28. The van der Waals surface area contributed by atoms with Crippen LogP contribution in [0.1, 0.15) is 48.6 Å². The first-order valence-corrected chi connectivity index (χ1v) is 11.9. The number of benzene rings is 3. The molecule has 2 nitrogen and oxygen atoms in total. The summed E-state index contributed by atoms with van der Waals surface area (Å²) < 4.78 is 24.1. The van der Waals surface area contributed by atoms with Gasteiger partial charge in [0.15, 0.2) is 9.84 Å². The first-order chi connectivity index (χ1) is 13.7. The largest absolute Gasteiger partial charge is 0.228 e. The lowest BCUT2D eigenvalue weighted by molar-refractivity contribution is 0.559. The first kappa shape index (κ1) is 19.9. The second-order valence-electron chi connectivity index (χ2n) is 8.97. The summed E-state index contributed by atoms with van der Waals surface area (Å²) in [6.45, 7) is 5.27. The van der Waals surface area contributed by atoms with Crippen LogP contribution in [0.3, 0.4) is 0 Å². The number of hydrogen-bond acceptors (Lipinski definition) is 2. The van der Waals surface area contributed by atoms with Crippen molar-refractivity contribution < 1.29 is 8.42 Å². The Labute approximate surface area is 174 Å². The molecule has 0 saturated carbocycles. The van der Waals surface area contributed by atoms with Gasteiger partial charge < -0.3 is 0 Å². The van der Waals surface area contributed by atoms with E-state index in [1.54, 1.807) is 20.8 Å². The van der Waals surface area contributed by atoms with E-state index in [2.05, 4.69) is 54.6 Å². The van der Waals surface area contributed by atoms with Crippen molar-refractivity contribution in [2.24, 2.45) is 0 Å². The van der Waals surface area contributed by atoms with Gasteiger partial charge in [-0.2, -0.15) is 0 Å². The Kier molecular flexibility index (Phi) is 5.12. The van der Waals surface area contributed by atoms with Gasteiger partial charge in [-0.15, -0.1) is 0 Å². The lowest BCUT2D eigenvalue weighted by Gasteiger charge is -2.19. The average Bonchev–Trinajstić information content (AvgIpc) is 3.06. The van der Waals surface area contributed by atoms with Crippen LogP contribution < -0.4 is 0 Å². The molecule has 1 aliphatic rings. The van der Waals surface area contributed by atoms with Gasteiger partial charge >= 0.3 is 0 Å². The Morgan fingerprint density at radius 1 is 0.759 bits per heavy atom. The third-order valence-corrected chi connectivity index (χ3v) is 8.52. The minimum atomic E-state index is -3.15. The zero-order valence-corrected chi connectivity index (χ0v) is 18.2. The van der Waals surface area contributed by atoms with Crippen LogP contribution >= 0.6 is 0 Å². The van der Waals surface area contributed by atoms with Gasteiger partial charge in [-0.25, -0.2) is 8.42 Å². The molecule has 29 heavy (non-hydrogen) atoms. The van der Waals surface area contributed by atoms with E-state index in [9.17, 15) is 8.42 Å². The van der Waals surface area contributed by atoms with Crippen molar-refractivity contribution in [2.45, 2.75) is 50.5 Å². The lowest BCUT2D eigenvalue weighted by Crippen LogP contribution is -2.29. The molecule has 0 aromatic heterocycles. The predicted octanol–water partition coefficient (Wildman–Crippen LogP) is 5.76. The van der Waals surface area contributed by atoms with E-state index in [1.165, 1.54) is 33.4 Å². The zero-order chi connectivity index (χ0) is 20.6. The summed E-state index contributed by atoms with van der Waals surface area (Å²) in [6.07, 6.45) is 2.97. The molecule has 3 aromatic carbocycles. The quantitative estimate of drug-likeness (QED) is 0.424. The van der Waals surface area contributed by atoms with Crippen LogP contribution in [0.15, 0.2) is 66.7 Å². The molecule has 0 amide bonds. The minimum Gasteiger partial charge on any atom is -0.228 e. The van der Waals surface area contributed by atoms with Gasteiger partial charge in [0, 0.05) is 0 Å². The fraction of sp³-hybridized carbons (Fsp3) is 0.308. The van der Waals surface area contributed by atoms with E-state index < -0.39 is 14.6 Å². The molecule has 0 N–H and O–H groups in total. The Hall–Kier alpha value is -2.39. The van der Waals surface area contributed by atoms with Crippen LogP contribution in [0.2, 0.25) is 0 Å². The number of aryl methyl sites for hydroxylation is 2. The molecule has 0 fully saturated rings. The predicted molar refractivity (Wildman–Crippen MR) is 121 cm³/mol. The van der Waals surface area contributed by atoms with Gasteiger partial charge in [0.1, 0.15) is 0 Å². The van der Waals surface area contributed by atoms with Crippen LogP contribution in [0, 0.1) is 0 Å². The summed E-state index contributed by atoms with van der Waals surface area (Å²) in [5.41, 5.74) is 9.14. The van der Waals surface area contributed by atoms with Gasteiger partial charge in [0.25, 0.3) is 0 Å². The van der Waals surface area contributed by atoms with E-state index in [0.717, 1.165) is 24.8 Å². The van der Waals surface area contributed by atoms with Crippen molar-refractivity contribution in [1.82, 2.24) is 0 Å². The zero-order valence-electron chi connectivity index (χ0n) is 17.4. The van der Waals surface area contributed by atoms with Crippen LogP contribution in [-0.4, -0.2) is 13.2 Å². The van der Waals surface area contributed by atoms with E-state index in [0.29, 0.717) is 0 Å². The topological polar surface area (TPSA) is 34.1 Å². The maximum Gasteiger partial charge on any atom is 0.159 e. The Morgan fingerprint density at radius 2 is 1.41 bits per heavy atom. The first-order valence-electron chi connectivity index (χ1n) is 10.2. The van der Waals surface area contributed by atoms with Gasteiger partial charge in [0.05, 0.1) is 10.5 Å². The van der Waals surface area contributed by atoms with Crippen molar-refractivity contribution >= 4 is 9.84 Å². The van der Waals surface area contributed by atoms with E-state index >= 15 is 0 Å². The molecule has 4 rings (SSSR count). The molecule has 0 unspecified atom stereocenters. The molecule has 1 aliphatic carbocycles. The summed E-state index contributed by atoms with van der Waals surface area (Å²) in [7, 11) is -3.15. The highest BCUT2D eigenvalue weighted by molar-refractivity contribution is 7.91. The minimum absolute atomic E-state index is 0.0984. The summed E-state index contributed by atoms with van der Waals surface area (Å²) in [6, 6.07) is 23.4. The number of rotatable bonds is 5. The molecular weight excluding hydrogens is 376 g/mol. The molecule has 0 bridgehead atoms. The van der Waals surface area contributed by atoms with E-state index in [4.69, 9.17) is 0 Å². The van der Waals surface area contributed by atoms with Crippen LogP contribution in [0.25, 0.3) is 11.1 Å². The van der Waals surface area contributed by atoms with Crippen molar-refractivity contribution in [3.63, 3.8) is 0 Å². The smallest absolute Gasteiger partial charge is 0.159 e. The van der Waals surface area contributed by atoms with E-state index in [-0.39, 0.29) is 5.75 Å². The molecule has 3 aromatic rings. The number of fused-ring (bicyclic) bond motifs is 3. The molecule has 0 radical (unpaired) electrons. The molecule has 3 heteroatoms. The summed E-state index contributed by atoms with van der Waals surface area (Å²) in [5, 5.41) is 0. The number of hydrogen-bond donors (Lipinski definition) is 0. The third kappa shape index (κ3) is 4.02. The summed E-state index contributed by atoms with van der Waals surface area (Å²) >= 11 is 0. The molecule has 150 valence electrons. The maximum absolute atomic E-state index is 12.4. The molecule has 0 heterocycles. The summed E-state index contributed by atoms with van der Waals surface area (Å²) in [5.74, 6) is 0.0984. The molecule has 0 aliphatic heterocycles. The van der Waals surface area contributed by atoms with E-state index in [1.807, 2.05) is 12.1 Å². The Morgan fingerprint density at radius 3 is 2.14 bits per heavy atom. The van der Waals surface area contributed by atoms with Crippen LogP contribution in [0.4, 0.5) is 0 Å². The Balaban J connectivity index is 1.46. The molecule has 0 saturated heterocycles. The van der Waals surface area contributed by atoms with Crippen molar-refractivity contribution in [1.29, 1.82) is 0 Å². The van der Waals surface area contributed by atoms with Gasteiger partial charge in [0.2, 0.25) is 0 Å². The maximum atomic E-state index is 12.4. The molecular formula is C26H28O2S. The Bertz CT molecular complexity index is 1130. The monoisotopic (exact) mass is 404 g/mol. The fourth-order valence-electron chi connectivity index (χ4n) is 3.97. The normalized spacial score (nSPS) is 13.2. The van der Waals surface area contributed by atoms with Gasteiger partial charge in [-0.3, -0.25) is 0 Å². The van der Waals surface area contributed by atoms with Crippen LogP contribution in [0.5, 0.6) is 0 Å². The van der Waals surface area contributed by atoms with Crippen LogP contribution in [-0.2, 0) is 34.9 Å². The summed E-state index contributed by atoms with van der Waals surface area (Å²) in [4.78, 5) is 0. The SMILES string of the molecule is CC(C)(C)S(=O)(=O)Cc1ccc(CCc2cccc3c2Cc2ccccc2-3)cc1. The van der Waals surface area contributed by atoms with Gasteiger partial charge in [-0.1, -0.05) is 66.7 Å². The average molecular weight is 405 g/mol. The van der Waals surface area contributed by atoms with Gasteiger partial charge in [-0.05, 0) is 79.0 Å². The standard InChI is InChI=1S/C26H28O2S/c1-26(2,3)29(27,28)18-20-13-11-19(12-14-20)15-16-21-8-6-10-24-23-9-5-4-7-22(23)17-25(21)24/h4-14H,15-18H2,1-3H3. The molecule has 0 atom stereocenters. The highest BCUT2D eigenvalue weighted by atomic mass is 32.2. The number of sulfone groups is 1. The van der Waals surface area contributed by atoms with Crippen molar-refractivity contribution in [2.75, 3.05) is 0 Å². The van der Waals surface area contributed by atoms with Crippen molar-refractivity contribution in [3.8, 4) is 11.1 Å². The second kappa shape index (κ2) is 7.46. The third-order valence-electron chi connectivity index (χ3n) is 5.94. The lowest BCUT2D eigenvalue weighted by atomic mass is 9.96. The molecule has 0 spiro atoms. The van der Waals surface area contributed by atoms with Crippen molar-refractivity contribution in [3.05, 3.63) is 94.5 Å². The fourth-order valence-corrected chi connectivity index (χ4v) is 5.04. The second-order valence-corrected chi connectivity index (χ2v) is 11.7.